The van der Waals surface area contributed by atoms with Crippen molar-refractivity contribution in [2.45, 2.75) is 20.4 Å². The lowest BCUT2D eigenvalue weighted by molar-refractivity contribution is -0.116. The van der Waals surface area contributed by atoms with Crippen molar-refractivity contribution in [2.24, 2.45) is 0 Å². The Morgan fingerprint density at radius 2 is 1.65 bits per heavy atom. The lowest BCUT2D eigenvalue weighted by Gasteiger charge is -2.12. The van der Waals surface area contributed by atoms with E-state index in [-0.39, 0.29) is 5.91 Å². The summed E-state index contributed by atoms with van der Waals surface area (Å²) < 4.78 is 17.9. The van der Waals surface area contributed by atoms with Crippen LogP contribution in [0.1, 0.15) is 22.5 Å². The summed E-state index contributed by atoms with van der Waals surface area (Å²) in [4.78, 5) is 12.4. The van der Waals surface area contributed by atoms with Gasteiger partial charge in [0, 0.05) is 35.5 Å². The third-order valence-electron chi connectivity index (χ3n) is 5.03. The number of aromatic nitrogens is 2. The van der Waals surface area contributed by atoms with Crippen LogP contribution in [0.5, 0.6) is 17.2 Å². The maximum absolute atomic E-state index is 12.4. The van der Waals surface area contributed by atoms with Crippen molar-refractivity contribution in [2.75, 3.05) is 21.3 Å². The number of para-hydroxylation sites is 1. The second-order valence-corrected chi connectivity index (χ2v) is 6.90. The van der Waals surface area contributed by atoms with Crippen molar-refractivity contribution in [1.29, 1.82) is 0 Å². The van der Waals surface area contributed by atoms with Gasteiger partial charge in [-0.25, -0.2) is 4.68 Å². The van der Waals surface area contributed by atoms with Gasteiger partial charge in [0.15, 0.2) is 11.5 Å². The molecule has 1 amide bonds. The van der Waals surface area contributed by atoms with Gasteiger partial charge in [-0.2, -0.15) is 5.10 Å². The Hall–Kier alpha value is -3.74. The Kier molecular flexibility index (Phi) is 6.97. The summed E-state index contributed by atoms with van der Waals surface area (Å²) in [5.41, 5.74) is 4.57. The largest absolute Gasteiger partial charge is 0.496 e. The van der Waals surface area contributed by atoms with E-state index in [4.69, 9.17) is 14.2 Å². The highest BCUT2D eigenvalue weighted by Gasteiger charge is 2.14. The van der Waals surface area contributed by atoms with E-state index in [1.54, 1.807) is 39.5 Å². The van der Waals surface area contributed by atoms with Gasteiger partial charge < -0.3 is 19.5 Å². The SMILES string of the molecule is COc1cc(OC)c(OC)cc1/C=C/C(=O)NCc1c(C)nn(-c2ccccc2)c1C. The van der Waals surface area contributed by atoms with Crippen LogP contribution in [0, 0.1) is 13.8 Å². The minimum Gasteiger partial charge on any atom is -0.496 e. The number of nitrogens with zero attached hydrogens (tertiary/aromatic N) is 2. The molecule has 0 aliphatic carbocycles. The molecule has 0 atom stereocenters. The lowest BCUT2D eigenvalue weighted by atomic mass is 10.1. The molecule has 0 bridgehead atoms. The zero-order valence-corrected chi connectivity index (χ0v) is 18.4. The molecule has 1 N–H and O–H groups in total. The molecule has 3 rings (SSSR count). The van der Waals surface area contributed by atoms with Crippen LogP contribution in [0.2, 0.25) is 0 Å². The molecular formula is C24H27N3O4. The molecule has 7 heteroatoms. The highest BCUT2D eigenvalue weighted by Crippen LogP contribution is 2.35. The van der Waals surface area contributed by atoms with Gasteiger partial charge in [-0.1, -0.05) is 18.2 Å². The molecule has 1 heterocycles. The molecule has 2 aromatic carbocycles. The van der Waals surface area contributed by atoms with Crippen LogP contribution in [0.25, 0.3) is 11.8 Å². The summed E-state index contributed by atoms with van der Waals surface area (Å²) in [7, 11) is 4.68. The number of ether oxygens (including phenoxy) is 3. The fraction of sp³-hybridized carbons (Fsp3) is 0.250. The summed E-state index contributed by atoms with van der Waals surface area (Å²) in [5.74, 6) is 1.48. The average molecular weight is 421 g/mol. The van der Waals surface area contributed by atoms with Crippen molar-refractivity contribution in [3.63, 3.8) is 0 Å². The minimum absolute atomic E-state index is 0.219. The molecule has 1 aromatic heterocycles. The van der Waals surface area contributed by atoms with Crippen molar-refractivity contribution < 1.29 is 19.0 Å². The number of rotatable bonds is 8. The summed E-state index contributed by atoms with van der Waals surface area (Å²) in [6.45, 7) is 4.33. The summed E-state index contributed by atoms with van der Waals surface area (Å²) in [6, 6.07) is 13.4. The standard InChI is InChI=1S/C24H27N3O4/c1-16-20(17(2)27(26-16)19-9-7-6-8-10-19)15-25-24(28)12-11-18-13-22(30-4)23(31-5)14-21(18)29-3/h6-14H,15H2,1-5H3,(H,25,28)/b12-11+. The number of carbonyl (C=O) groups excluding carboxylic acids is 1. The number of carbonyl (C=O) groups is 1. The number of methoxy groups -OCH3 is 3. The number of aryl methyl sites for hydroxylation is 1. The van der Waals surface area contributed by atoms with Crippen molar-refractivity contribution >= 4 is 12.0 Å². The van der Waals surface area contributed by atoms with E-state index in [1.807, 2.05) is 48.9 Å². The van der Waals surface area contributed by atoms with Gasteiger partial charge in [0.25, 0.3) is 0 Å². The molecule has 0 radical (unpaired) electrons. The first kappa shape index (κ1) is 22.0. The van der Waals surface area contributed by atoms with Crippen LogP contribution in [-0.2, 0) is 11.3 Å². The Morgan fingerprint density at radius 3 is 2.29 bits per heavy atom. The van der Waals surface area contributed by atoms with E-state index < -0.39 is 0 Å². The molecule has 0 aliphatic rings. The first-order chi connectivity index (χ1) is 15.0. The summed E-state index contributed by atoms with van der Waals surface area (Å²) in [6.07, 6.45) is 3.15. The average Bonchev–Trinajstić information content (AvgIpc) is 3.09. The first-order valence-electron chi connectivity index (χ1n) is 9.85. The zero-order valence-electron chi connectivity index (χ0n) is 18.4. The van der Waals surface area contributed by atoms with Crippen LogP contribution >= 0.6 is 0 Å². The van der Waals surface area contributed by atoms with E-state index in [1.165, 1.54) is 6.08 Å². The Labute approximate surface area is 182 Å². The van der Waals surface area contributed by atoms with Crippen LogP contribution < -0.4 is 19.5 Å². The fourth-order valence-electron chi connectivity index (χ4n) is 3.33. The fourth-order valence-corrected chi connectivity index (χ4v) is 3.33. The third-order valence-corrected chi connectivity index (χ3v) is 5.03. The molecule has 3 aromatic rings. The molecule has 0 aliphatic heterocycles. The number of nitrogens with one attached hydrogen (secondary N) is 1. The molecule has 0 fully saturated rings. The number of hydrogen-bond donors (Lipinski definition) is 1. The molecule has 0 spiro atoms. The molecule has 0 unspecified atom stereocenters. The summed E-state index contributed by atoms with van der Waals surface area (Å²) >= 11 is 0. The Balaban J connectivity index is 1.73. The maximum atomic E-state index is 12.4. The molecule has 162 valence electrons. The van der Waals surface area contributed by atoms with Crippen molar-refractivity contribution in [1.82, 2.24) is 15.1 Å². The van der Waals surface area contributed by atoms with Crippen LogP contribution in [0.3, 0.4) is 0 Å². The molecule has 31 heavy (non-hydrogen) atoms. The highest BCUT2D eigenvalue weighted by atomic mass is 16.5. The van der Waals surface area contributed by atoms with Crippen LogP contribution in [-0.4, -0.2) is 37.0 Å². The second-order valence-electron chi connectivity index (χ2n) is 6.90. The third kappa shape index (κ3) is 4.88. The predicted molar refractivity (Wildman–Crippen MR) is 120 cm³/mol. The van der Waals surface area contributed by atoms with Crippen molar-refractivity contribution in [3.05, 3.63) is 71.1 Å². The summed E-state index contributed by atoms with van der Waals surface area (Å²) in [5, 5.41) is 7.54. The first-order valence-corrected chi connectivity index (χ1v) is 9.85. The highest BCUT2D eigenvalue weighted by molar-refractivity contribution is 5.92. The molecule has 0 saturated carbocycles. The van der Waals surface area contributed by atoms with Gasteiger partial charge in [-0.3, -0.25) is 4.79 Å². The van der Waals surface area contributed by atoms with Gasteiger partial charge in [0.05, 0.1) is 32.7 Å². The quantitative estimate of drug-likeness (QED) is 0.560. The van der Waals surface area contributed by atoms with E-state index in [2.05, 4.69) is 10.4 Å². The topological polar surface area (TPSA) is 74.6 Å². The minimum atomic E-state index is -0.219. The molecule has 0 saturated heterocycles. The van der Waals surface area contributed by atoms with E-state index >= 15 is 0 Å². The smallest absolute Gasteiger partial charge is 0.244 e. The van der Waals surface area contributed by atoms with Gasteiger partial charge >= 0.3 is 0 Å². The molecular weight excluding hydrogens is 394 g/mol. The lowest BCUT2D eigenvalue weighted by Crippen LogP contribution is -2.21. The van der Waals surface area contributed by atoms with Gasteiger partial charge in [0.2, 0.25) is 5.91 Å². The zero-order chi connectivity index (χ0) is 22.4. The Bertz CT molecular complexity index is 1090. The monoisotopic (exact) mass is 421 g/mol. The van der Waals surface area contributed by atoms with E-state index in [0.717, 1.165) is 22.6 Å². The van der Waals surface area contributed by atoms with Gasteiger partial charge in [-0.15, -0.1) is 0 Å². The van der Waals surface area contributed by atoms with Gasteiger partial charge in [0.1, 0.15) is 5.75 Å². The van der Waals surface area contributed by atoms with E-state index in [9.17, 15) is 4.79 Å². The van der Waals surface area contributed by atoms with Crippen molar-refractivity contribution in [3.8, 4) is 22.9 Å². The number of amides is 1. The van der Waals surface area contributed by atoms with Gasteiger partial charge in [-0.05, 0) is 38.1 Å². The second kappa shape index (κ2) is 9.84. The van der Waals surface area contributed by atoms with Crippen LogP contribution in [0.4, 0.5) is 0 Å². The normalized spacial score (nSPS) is 10.9. The maximum Gasteiger partial charge on any atom is 0.244 e. The predicted octanol–water partition coefficient (Wildman–Crippen LogP) is 3.84. The Morgan fingerprint density at radius 1 is 1.00 bits per heavy atom. The van der Waals surface area contributed by atoms with E-state index in [0.29, 0.717) is 29.4 Å². The number of hydrogen-bond acceptors (Lipinski definition) is 5. The molecule has 7 nitrogen and oxygen atoms in total. The number of benzene rings is 2. The van der Waals surface area contributed by atoms with Crippen LogP contribution in [0.15, 0.2) is 48.5 Å².